The molecular weight excluding hydrogens is 380 g/mol. The molecule has 0 saturated carbocycles. The van der Waals surface area contributed by atoms with E-state index in [0.717, 1.165) is 18.6 Å². The van der Waals surface area contributed by atoms with Crippen molar-refractivity contribution in [2.75, 3.05) is 51.8 Å². The van der Waals surface area contributed by atoms with Gasteiger partial charge in [-0.2, -0.15) is 0 Å². The van der Waals surface area contributed by atoms with Crippen LogP contribution in [0, 0.1) is 5.41 Å². The molecule has 28 heavy (non-hydrogen) atoms. The molecule has 0 aliphatic carbocycles. The number of morpholine rings is 1. The van der Waals surface area contributed by atoms with E-state index in [1.807, 2.05) is 35.2 Å². The van der Waals surface area contributed by atoms with Crippen LogP contribution in [0.1, 0.15) is 26.2 Å². The highest BCUT2D eigenvalue weighted by atomic mass is 32.2. The normalized spacial score (nSPS) is 24.1. The molecule has 1 aromatic rings. The first-order valence-corrected chi connectivity index (χ1v) is 11.6. The number of amides is 1. The standard InChI is InChI=1S/C20H30N2O5S/c1-2-28(24,25)22-10-6-9-20(16-22,17-27-18-7-4-3-5-8-18)15-19(23)21-11-13-26-14-12-21/h3-5,7-8H,2,6,9-17H2,1H3. The van der Waals surface area contributed by atoms with Crippen LogP contribution < -0.4 is 4.74 Å². The van der Waals surface area contributed by atoms with E-state index in [4.69, 9.17) is 9.47 Å². The summed E-state index contributed by atoms with van der Waals surface area (Å²) in [6.45, 7) is 5.09. The Bertz CT molecular complexity index is 749. The van der Waals surface area contributed by atoms with Crippen LogP contribution in [0.25, 0.3) is 0 Å². The first-order chi connectivity index (χ1) is 13.4. The van der Waals surface area contributed by atoms with E-state index in [9.17, 15) is 13.2 Å². The Morgan fingerprint density at radius 3 is 2.57 bits per heavy atom. The van der Waals surface area contributed by atoms with Crippen molar-refractivity contribution in [2.45, 2.75) is 26.2 Å². The maximum Gasteiger partial charge on any atom is 0.223 e. The maximum absolute atomic E-state index is 13.0. The predicted octanol–water partition coefficient (Wildman–Crippen LogP) is 1.75. The minimum Gasteiger partial charge on any atom is -0.493 e. The van der Waals surface area contributed by atoms with E-state index in [-0.39, 0.29) is 18.1 Å². The van der Waals surface area contributed by atoms with Crippen LogP contribution in [-0.4, -0.2) is 75.3 Å². The van der Waals surface area contributed by atoms with E-state index in [1.54, 1.807) is 6.92 Å². The fourth-order valence-corrected chi connectivity index (χ4v) is 5.14. The second-order valence-corrected chi connectivity index (χ2v) is 9.87. The average Bonchev–Trinajstić information content (AvgIpc) is 2.74. The SMILES string of the molecule is CCS(=O)(=O)N1CCCC(COc2ccccc2)(CC(=O)N2CCOCC2)C1. The van der Waals surface area contributed by atoms with E-state index in [2.05, 4.69) is 0 Å². The number of carbonyl (C=O) groups is 1. The molecule has 3 rings (SSSR count). The van der Waals surface area contributed by atoms with Gasteiger partial charge in [-0.15, -0.1) is 0 Å². The van der Waals surface area contributed by atoms with Crippen LogP contribution in [0.15, 0.2) is 30.3 Å². The summed E-state index contributed by atoms with van der Waals surface area (Å²) in [5, 5.41) is 0. The highest BCUT2D eigenvalue weighted by Gasteiger charge is 2.42. The van der Waals surface area contributed by atoms with Crippen molar-refractivity contribution in [3.8, 4) is 5.75 Å². The molecule has 1 aromatic carbocycles. The van der Waals surface area contributed by atoms with Gasteiger partial charge in [0.1, 0.15) is 5.75 Å². The van der Waals surface area contributed by atoms with Gasteiger partial charge < -0.3 is 14.4 Å². The molecule has 0 N–H and O–H groups in total. The van der Waals surface area contributed by atoms with Crippen LogP contribution in [0.3, 0.4) is 0 Å². The number of nitrogens with zero attached hydrogens (tertiary/aromatic N) is 2. The van der Waals surface area contributed by atoms with Crippen LogP contribution in [0.5, 0.6) is 5.75 Å². The molecule has 1 unspecified atom stereocenters. The Morgan fingerprint density at radius 1 is 1.18 bits per heavy atom. The Labute approximate surface area is 167 Å². The van der Waals surface area contributed by atoms with Crippen molar-refractivity contribution in [3.63, 3.8) is 0 Å². The molecule has 8 heteroatoms. The fourth-order valence-electron chi connectivity index (χ4n) is 3.89. The molecule has 0 radical (unpaired) electrons. The number of piperidine rings is 1. The number of ether oxygens (including phenoxy) is 2. The third kappa shape index (κ3) is 5.24. The first kappa shape index (κ1) is 21.1. The van der Waals surface area contributed by atoms with Gasteiger partial charge in [-0.3, -0.25) is 4.79 Å². The van der Waals surface area contributed by atoms with Crippen molar-refractivity contribution < 1.29 is 22.7 Å². The van der Waals surface area contributed by atoms with Crippen molar-refractivity contribution in [1.82, 2.24) is 9.21 Å². The fraction of sp³-hybridized carbons (Fsp3) is 0.650. The summed E-state index contributed by atoms with van der Waals surface area (Å²) in [5.74, 6) is 0.854. The lowest BCUT2D eigenvalue weighted by Gasteiger charge is -2.42. The van der Waals surface area contributed by atoms with Crippen molar-refractivity contribution in [1.29, 1.82) is 0 Å². The van der Waals surface area contributed by atoms with E-state index < -0.39 is 15.4 Å². The molecule has 2 heterocycles. The molecule has 2 saturated heterocycles. The molecule has 2 aliphatic rings. The predicted molar refractivity (Wildman–Crippen MR) is 107 cm³/mol. The topological polar surface area (TPSA) is 76.2 Å². The third-order valence-corrected chi connectivity index (χ3v) is 7.39. The smallest absolute Gasteiger partial charge is 0.223 e. The number of hydrogen-bond acceptors (Lipinski definition) is 5. The van der Waals surface area contributed by atoms with Gasteiger partial charge >= 0.3 is 0 Å². The third-order valence-electron chi connectivity index (χ3n) is 5.56. The molecule has 156 valence electrons. The molecule has 0 bridgehead atoms. The van der Waals surface area contributed by atoms with Gasteiger partial charge in [-0.1, -0.05) is 18.2 Å². The first-order valence-electron chi connectivity index (χ1n) is 9.95. The number of benzene rings is 1. The minimum absolute atomic E-state index is 0.0516. The van der Waals surface area contributed by atoms with Gasteiger partial charge in [0, 0.05) is 38.0 Å². The second kappa shape index (κ2) is 9.24. The summed E-state index contributed by atoms with van der Waals surface area (Å²) in [4.78, 5) is 14.8. The van der Waals surface area contributed by atoms with Gasteiger partial charge in [0.2, 0.25) is 15.9 Å². The van der Waals surface area contributed by atoms with Gasteiger partial charge in [-0.05, 0) is 31.9 Å². The number of para-hydroxylation sites is 1. The van der Waals surface area contributed by atoms with Gasteiger partial charge in [0.15, 0.2) is 0 Å². The molecule has 0 spiro atoms. The molecule has 1 atom stereocenters. The number of carbonyl (C=O) groups excluding carboxylic acids is 1. The Kier molecular flexibility index (Phi) is 6.95. The summed E-state index contributed by atoms with van der Waals surface area (Å²) < 4.78 is 37.8. The van der Waals surface area contributed by atoms with Crippen LogP contribution in [0.4, 0.5) is 0 Å². The lowest BCUT2D eigenvalue weighted by Crippen LogP contribution is -2.52. The summed E-state index contributed by atoms with van der Waals surface area (Å²) in [7, 11) is -3.30. The number of hydrogen-bond donors (Lipinski definition) is 0. The largest absolute Gasteiger partial charge is 0.493 e. The highest BCUT2D eigenvalue weighted by molar-refractivity contribution is 7.89. The van der Waals surface area contributed by atoms with Gasteiger partial charge in [0.05, 0.1) is 25.6 Å². The minimum atomic E-state index is -3.30. The van der Waals surface area contributed by atoms with E-state index >= 15 is 0 Å². The van der Waals surface area contributed by atoms with Gasteiger partial charge in [0.25, 0.3) is 0 Å². The molecule has 2 fully saturated rings. The average molecular weight is 411 g/mol. The second-order valence-electron chi connectivity index (χ2n) is 7.61. The van der Waals surface area contributed by atoms with E-state index in [1.165, 1.54) is 4.31 Å². The lowest BCUT2D eigenvalue weighted by molar-refractivity contribution is -0.139. The summed E-state index contributed by atoms with van der Waals surface area (Å²) in [5.41, 5.74) is -0.522. The molecule has 2 aliphatic heterocycles. The Balaban J connectivity index is 1.77. The Hall–Kier alpha value is -1.64. The lowest BCUT2D eigenvalue weighted by atomic mass is 9.78. The number of sulfonamides is 1. The molecule has 0 aromatic heterocycles. The van der Waals surface area contributed by atoms with Crippen molar-refractivity contribution in [2.24, 2.45) is 5.41 Å². The zero-order valence-corrected chi connectivity index (χ0v) is 17.3. The van der Waals surface area contributed by atoms with Crippen LogP contribution in [-0.2, 0) is 19.6 Å². The molecular formula is C20H30N2O5S. The number of rotatable bonds is 7. The highest BCUT2D eigenvalue weighted by Crippen LogP contribution is 2.36. The maximum atomic E-state index is 13.0. The Morgan fingerprint density at radius 2 is 1.89 bits per heavy atom. The zero-order valence-electron chi connectivity index (χ0n) is 16.5. The quantitative estimate of drug-likeness (QED) is 0.684. The van der Waals surface area contributed by atoms with Crippen molar-refractivity contribution in [3.05, 3.63) is 30.3 Å². The molecule has 1 amide bonds. The monoisotopic (exact) mass is 410 g/mol. The molecule has 7 nitrogen and oxygen atoms in total. The van der Waals surface area contributed by atoms with E-state index in [0.29, 0.717) is 46.0 Å². The zero-order chi connectivity index (χ0) is 20.0. The summed E-state index contributed by atoms with van der Waals surface area (Å²) >= 11 is 0. The van der Waals surface area contributed by atoms with Crippen LogP contribution >= 0.6 is 0 Å². The van der Waals surface area contributed by atoms with Crippen molar-refractivity contribution >= 4 is 15.9 Å². The summed E-state index contributed by atoms with van der Waals surface area (Å²) in [6, 6.07) is 9.47. The van der Waals surface area contributed by atoms with Crippen LogP contribution in [0.2, 0.25) is 0 Å². The van der Waals surface area contributed by atoms with Gasteiger partial charge in [-0.25, -0.2) is 12.7 Å². The summed E-state index contributed by atoms with van der Waals surface area (Å²) in [6.07, 6.45) is 1.79.